The van der Waals surface area contributed by atoms with E-state index in [2.05, 4.69) is 24.1 Å². The van der Waals surface area contributed by atoms with Crippen LogP contribution in [0.5, 0.6) is 0 Å². The van der Waals surface area contributed by atoms with E-state index >= 15 is 0 Å². The van der Waals surface area contributed by atoms with Gasteiger partial charge >= 0.3 is 0 Å². The monoisotopic (exact) mass is 297 g/mol. The predicted octanol–water partition coefficient (Wildman–Crippen LogP) is -0.0413. The number of hydrogen-bond acceptors (Lipinski definition) is 4. The van der Waals surface area contributed by atoms with Gasteiger partial charge in [-0.25, -0.2) is 0 Å². The first-order chi connectivity index (χ1) is 9.99. The Morgan fingerprint density at radius 2 is 1.95 bits per heavy atom. The van der Waals surface area contributed by atoms with Crippen LogP contribution in [-0.2, 0) is 9.59 Å². The Labute approximate surface area is 126 Å². The maximum Gasteiger partial charge on any atom is 0.251 e. The summed E-state index contributed by atoms with van der Waals surface area (Å²) in [7, 11) is 0. The number of nitrogens with zero attached hydrogens (tertiary/aromatic N) is 2. The number of carbonyl (C=O) groups excluding carboxylic acids is 2. The number of carbonyl (C=O) groups is 2. The Hall–Kier alpha value is -1.14. The molecule has 2 fully saturated rings. The fraction of sp³-hybridized carbons (Fsp3) is 0.867. The van der Waals surface area contributed by atoms with Crippen LogP contribution < -0.4 is 5.32 Å². The Morgan fingerprint density at radius 1 is 1.29 bits per heavy atom. The van der Waals surface area contributed by atoms with E-state index in [1.54, 1.807) is 0 Å². The van der Waals surface area contributed by atoms with Crippen LogP contribution in [0.2, 0.25) is 0 Å². The second-order valence-corrected chi connectivity index (χ2v) is 6.28. The van der Waals surface area contributed by atoms with E-state index in [0.29, 0.717) is 31.6 Å². The van der Waals surface area contributed by atoms with E-state index in [9.17, 15) is 14.7 Å². The van der Waals surface area contributed by atoms with Gasteiger partial charge in [0.1, 0.15) is 6.10 Å². The van der Waals surface area contributed by atoms with E-state index in [1.807, 2.05) is 0 Å². The van der Waals surface area contributed by atoms with Crippen molar-refractivity contribution in [1.29, 1.82) is 0 Å². The molecular formula is C15H27N3O3. The Bertz CT molecular complexity index is 378. The molecule has 0 saturated carbocycles. The van der Waals surface area contributed by atoms with Gasteiger partial charge in [-0.05, 0) is 33.1 Å². The molecule has 0 unspecified atom stereocenters. The molecule has 2 N–H and O–H groups in total. The van der Waals surface area contributed by atoms with Crippen molar-refractivity contribution in [3.8, 4) is 0 Å². The van der Waals surface area contributed by atoms with Gasteiger partial charge in [-0.3, -0.25) is 14.5 Å². The van der Waals surface area contributed by atoms with Crippen molar-refractivity contribution >= 4 is 11.8 Å². The minimum absolute atomic E-state index is 0.0565. The van der Waals surface area contributed by atoms with Crippen LogP contribution in [0.25, 0.3) is 0 Å². The lowest BCUT2D eigenvalue weighted by Gasteiger charge is -2.39. The van der Waals surface area contributed by atoms with Crippen molar-refractivity contribution in [2.45, 2.75) is 57.7 Å². The highest BCUT2D eigenvalue weighted by Gasteiger charge is 2.31. The molecule has 2 heterocycles. The normalized spacial score (nSPS) is 30.7. The third-order valence-electron chi connectivity index (χ3n) is 4.67. The zero-order valence-electron chi connectivity index (χ0n) is 13.0. The maximum absolute atomic E-state index is 11.9. The lowest BCUT2D eigenvalue weighted by Crippen LogP contribution is -2.48. The zero-order chi connectivity index (χ0) is 15.4. The molecule has 2 saturated heterocycles. The highest BCUT2D eigenvalue weighted by Crippen LogP contribution is 2.21. The van der Waals surface area contributed by atoms with Gasteiger partial charge in [-0.15, -0.1) is 0 Å². The largest absolute Gasteiger partial charge is 0.383 e. The molecule has 6 nitrogen and oxygen atoms in total. The van der Waals surface area contributed by atoms with Crippen LogP contribution in [-0.4, -0.2) is 71.1 Å². The molecule has 2 amide bonds. The molecule has 0 radical (unpaired) electrons. The van der Waals surface area contributed by atoms with Crippen molar-refractivity contribution < 1.29 is 14.7 Å². The molecule has 21 heavy (non-hydrogen) atoms. The number of aliphatic hydroxyl groups is 1. The number of likely N-dealkylation sites (tertiary alicyclic amines) is 2. The van der Waals surface area contributed by atoms with Gasteiger partial charge in [0.2, 0.25) is 5.91 Å². The van der Waals surface area contributed by atoms with E-state index in [0.717, 1.165) is 6.54 Å². The van der Waals surface area contributed by atoms with Crippen LogP contribution in [0.3, 0.4) is 0 Å². The molecule has 2 aliphatic heterocycles. The van der Waals surface area contributed by atoms with Crippen molar-refractivity contribution in [1.82, 2.24) is 15.1 Å². The fourth-order valence-electron chi connectivity index (χ4n) is 3.35. The van der Waals surface area contributed by atoms with E-state index < -0.39 is 6.10 Å². The van der Waals surface area contributed by atoms with Crippen molar-refractivity contribution in [2.75, 3.05) is 26.2 Å². The van der Waals surface area contributed by atoms with Gasteiger partial charge in [0.15, 0.2) is 0 Å². The predicted molar refractivity (Wildman–Crippen MR) is 79.7 cm³/mol. The molecule has 0 aliphatic carbocycles. The minimum Gasteiger partial charge on any atom is -0.383 e. The van der Waals surface area contributed by atoms with Crippen LogP contribution in [0, 0.1) is 0 Å². The fourth-order valence-corrected chi connectivity index (χ4v) is 3.35. The quantitative estimate of drug-likeness (QED) is 0.747. The summed E-state index contributed by atoms with van der Waals surface area (Å²) >= 11 is 0. The van der Waals surface area contributed by atoms with Crippen LogP contribution in [0.4, 0.5) is 0 Å². The molecule has 2 aliphatic rings. The van der Waals surface area contributed by atoms with Crippen molar-refractivity contribution in [3.05, 3.63) is 0 Å². The SMILES string of the molecule is C[C@@H]1CCC[C@H](C)N1CCNC(=O)CN1CC[C@H](O)C1=O. The van der Waals surface area contributed by atoms with Crippen molar-refractivity contribution in [2.24, 2.45) is 0 Å². The van der Waals surface area contributed by atoms with Gasteiger partial charge in [-0.1, -0.05) is 6.42 Å². The number of piperidine rings is 1. The topological polar surface area (TPSA) is 72.9 Å². The number of rotatable bonds is 5. The second-order valence-electron chi connectivity index (χ2n) is 6.28. The van der Waals surface area contributed by atoms with Gasteiger partial charge in [-0.2, -0.15) is 0 Å². The van der Waals surface area contributed by atoms with Crippen LogP contribution in [0.15, 0.2) is 0 Å². The van der Waals surface area contributed by atoms with Gasteiger partial charge in [0.25, 0.3) is 5.91 Å². The minimum atomic E-state index is -0.923. The molecule has 0 aromatic carbocycles. The summed E-state index contributed by atoms with van der Waals surface area (Å²) in [6.45, 7) is 6.46. The highest BCUT2D eigenvalue weighted by molar-refractivity contribution is 5.88. The number of amides is 2. The summed E-state index contributed by atoms with van der Waals surface area (Å²) in [5.41, 5.74) is 0. The lowest BCUT2D eigenvalue weighted by molar-refractivity contribution is -0.137. The van der Waals surface area contributed by atoms with E-state index in [1.165, 1.54) is 24.2 Å². The van der Waals surface area contributed by atoms with E-state index in [4.69, 9.17) is 0 Å². The zero-order valence-corrected chi connectivity index (χ0v) is 13.0. The van der Waals surface area contributed by atoms with Crippen LogP contribution in [0.1, 0.15) is 39.5 Å². The van der Waals surface area contributed by atoms with Crippen LogP contribution >= 0.6 is 0 Å². The molecule has 2 rings (SSSR count). The molecule has 0 aromatic heterocycles. The summed E-state index contributed by atoms with van der Waals surface area (Å²) < 4.78 is 0. The van der Waals surface area contributed by atoms with Crippen molar-refractivity contribution in [3.63, 3.8) is 0 Å². The average molecular weight is 297 g/mol. The molecule has 6 heteroatoms. The lowest BCUT2D eigenvalue weighted by atomic mass is 9.98. The maximum atomic E-state index is 11.9. The van der Waals surface area contributed by atoms with E-state index in [-0.39, 0.29) is 18.4 Å². The molecule has 0 bridgehead atoms. The van der Waals surface area contributed by atoms with Gasteiger partial charge in [0, 0.05) is 31.7 Å². The Balaban J connectivity index is 1.68. The number of aliphatic hydroxyl groups excluding tert-OH is 1. The van der Waals surface area contributed by atoms with Gasteiger partial charge in [0.05, 0.1) is 6.54 Å². The molecule has 0 aromatic rings. The standard InChI is InChI=1S/C15H27N3O3/c1-11-4-3-5-12(2)18(11)9-7-16-14(20)10-17-8-6-13(19)15(17)21/h11-13,19H,3-10H2,1-2H3,(H,16,20)/t11-,12+,13-/m0/s1. The number of nitrogens with one attached hydrogen (secondary N) is 1. The smallest absolute Gasteiger partial charge is 0.251 e. The molecular weight excluding hydrogens is 270 g/mol. The highest BCUT2D eigenvalue weighted by atomic mass is 16.3. The third-order valence-corrected chi connectivity index (χ3v) is 4.67. The Morgan fingerprint density at radius 3 is 2.52 bits per heavy atom. The third kappa shape index (κ3) is 4.17. The average Bonchev–Trinajstić information content (AvgIpc) is 2.74. The first-order valence-corrected chi connectivity index (χ1v) is 7.98. The molecule has 120 valence electrons. The summed E-state index contributed by atoms with van der Waals surface area (Å²) in [5, 5.41) is 12.2. The Kier molecular flexibility index (Phi) is 5.58. The first-order valence-electron chi connectivity index (χ1n) is 7.98. The number of hydrogen-bond donors (Lipinski definition) is 2. The summed E-state index contributed by atoms with van der Waals surface area (Å²) in [6.07, 6.45) is 3.23. The first kappa shape index (κ1) is 16.2. The van der Waals surface area contributed by atoms with Gasteiger partial charge < -0.3 is 15.3 Å². The molecule has 3 atom stereocenters. The molecule has 0 spiro atoms. The second kappa shape index (κ2) is 7.22. The summed E-state index contributed by atoms with van der Waals surface area (Å²) in [5.74, 6) is -0.474. The summed E-state index contributed by atoms with van der Waals surface area (Å²) in [4.78, 5) is 27.2. The summed E-state index contributed by atoms with van der Waals surface area (Å²) in [6, 6.07) is 1.14.